The maximum absolute atomic E-state index is 12.4. The summed E-state index contributed by atoms with van der Waals surface area (Å²) in [4.78, 5) is 12.4. The summed E-state index contributed by atoms with van der Waals surface area (Å²) in [5.74, 6) is 1.07. The van der Waals surface area contributed by atoms with Crippen LogP contribution in [0.1, 0.15) is 15.9 Å². The summed E-state index contributed by atoms with van der Waals surface area (Å²) in [5, 5.41) is 3.69. The third-order valence-corrected chi connectivity index (χ3v) is 3.80. The van der Waals surface area contributed by atoms with Gasteiger partial charge in [0.25, 0.3) is 0 Å². The van der Waals surface area contributed by atoms with Gasteiger partial charge in [-0.15, -0.1) is 0 Å². The monoisotopic (exact) mass is 326 g/mol. The number of thiophene rings is 1. The van der Waals surface area contributed by atoms with Crippen LogP contribution in [0.15, 0.2) is 33.4 Å². The van der Waals surface area contributed by atoms with Gasteiger partial charge in [0.15, 0.2) is 5.78 Å². The smallest absolute Gasteiger partial charge is 0.198 e. The number of halogens is 1. The number of hydrogen-bond donors (Lipinski definition) is 0. The summed E-state index contributed by atoms with van der Waals surface area (Å²) in [6.45, 7) is 0. The van der Waals surface area contributed by atoms with Gasteiger partial charge in [0.05, 0.1) is 19.8 Å². The van der Waals surface area contributed by atoms with Gasteiger partial charge in [-0.1, -0.05) is 0 Å². The normalized spacial score (nSPS) is 10.2. The van der Waals surface area contributed by atoms with Gasteiger partial charge in [-0.05, 0) is 33.4 Å². The summed E-state index contributed by atoms with van der Waals surface area (Å²) in [7, 11) is 3.10. The molecule has 0 atom stereocenters. The standard InChI is InChI=1S/C13H11BrO3S/c1-16-9-5-10(14)12(11(6-9)17-2)13(15)8-3-4-18-7-8/h3-7H,1-2H3. The van der Waals surface area contributed by atoms with Crippen molar-refractivity contribution < 1.29 is 14.3 Å². The van der Waals surface area contributed by atoms with E-state index in [2.05, 4.69) is 15.9 Å². The fourth-order valence-corrected chi connectivity index (χ4v) is 2.83. The molecule has 0 fully saturated rings. The molecule has 1 aromatic heterocycles. The lowest BCUT2D eigenvalue weighted by Gasteiger charge is -2.11. The van der Waals surface area contributed by atoms with Crippen LogP contribution in [0.2, 0.25) is 0 Å². The highest BCUT2D eigenvalue weighted by molar-refractivity contribution is 9.10. The Labute approximate surface area is 117 Å². The molecule has 0 saturated carbocycles. The lowest BCUT2D eigenvalue weighted by molar-refractivity contribution is 0.103. The lowest BCUT2D eigenvalue weighted by Crippen LogP contribution is -2.04. The van der Waals surface area contributed by atoms with Crippen molar-refractivity contribution >= 4 is 33.0 Å². The topological polar surface area (TPSA) is 35.5 Å². The zero-order valence-corrected chi connectivity index (χ0v) is 12.3. The second-order valence-electron chi connectivity index (χ2n) is 3.53. The van der Waals surface area contributed by atoms with Crippen LogP contribution in [0.3, 0.4) is 0 Å². The minimum atomic E-state index is -0.0670. The number of ether oxygens (including phenoxy) is 2. The first kappa shape index (κ1) is 13.1. The first-order chi connectivity index (χ1) is 8.67. The average molecular weight is 327 g/mol. The van der Waals surface area contributed by atoms with E-state index in [1.165, 1.54) is 18.4 Å². The van der Waals surface area contributed by atoms with E-state index in [0.29, 0.717) is 27.1 Å². The number of carbonyl (C=O) groups is 1. The van der Waals surface area contributed by atoms with Crippen molar-refractivity contribution in [3.8, 4) is 11.5 Å². The Morgan fingerprint density at radius 1 is 1.28 bits per heavy atom. The molecule has 94 valence electrons. The molecule has 1 heterocycles. The van der Waals surface area contributed by atoms with Gasteiger partial charge >= 0.3 is 0 Å². The van der Waals surface area contributed by atoms with Crippen LogP contribution in [0.5, 0.6) is 11.5 Å². The molecule has 0 radical (unpaired) electrons. The van der Waals surface area contributed by atoms with E-state index in [9.17, 15) is 4.79 Å². The third-order valence-electron chi connectivity index (χ3n) is 2.49. The molecule has 2 rings (SSSR count). The number of hydrogen-bond acceptors (Lipinski definition) is 4. The minimum Gasteiger partial charge on any atom is -0.497 e. The highest BCUT2D eigenvalue weighted by Crippen LogP contribution is 2.34. The van der Waals surface area contributed by atoms with Crippen LogP contribution < -0.4 is 9.47 Å². The molecule has 0 aliphatic heterocycles. The Morgan fingerprint density at radius 2 is 2.06 bits per heavy atom. The van der Waals surface area contributed by atoms with Gasteiger partial charge in [-0.3, -0.25) is 4.79 Å². The average Bonchev–Trinajstić information content (AvgIpc) is 2.90. The minimum absolute atomic E-state index is 0.0670. The fraction of sp³-hybridized carbons (Fsp3) is 0.154. The second-order valence-corrected chi connectivity index (χ2v) is 5.16. The van der Waals surface area contributed by atoms with Gasteiger partial charge in [0.2, 0.25) is 0 Å². The van der Waals surface area contributed by atoms with Crippen molar-refractivity contribution in [3.05, 3.63) is 44.6 Å². The summed E-state index contributed by atoms with van der Waals surface area (Å²) in [6.07, 6.45) is 0. The van der Waals surface area contributed by atoms with E-state index in [4.69, 9.17) is 9.47 Å². The van der Waals surface area contributed by atoms with E-state index in [-0.39, 0.29) is 5.78 Å². The second kappa shape index (κ2) is 5.54. The van der Waals surface area contributed by atoms with Crippen molar-refractivity contribution in [2.75, 3.05) is 14.2 Å². The highest BCUT2D eigenvalue weighted by atomic mass is 79.9. The molecule has 2 aromatic rings. The quantitative estimate of drug-likeness (QED) is 0.802. The molecule has 1 aromatic carbocycles. The van der Waals surface area contributed by atoms with E-state index < -0.39 is 0 Å². The highest BCUT2D eigenvalue weighted by Gasteiger charge is 2.19. The third kappa shape index (κ3) is 2.42. The molecule has 0 N–H and O–H groups in total. The molecule has 5 heteroatoms. The zero-order chi connectivity index (χ0) is 13.1. The summed E-state index contributed by atoms with van der Waals surface area (Å²) >= 11 is 4.88. The first-order valence-corrected chi connectivity index (χ1v) is 6.89. The van der Waals surface area contributed by atoms with Gasteiger partial charge in [0.1, 0.15) is 11.5 Å². The number of methoxy groups -OCH3 is 2. The molecule has 0 amide bonds. The number of carbonyl (C=O) groups excluding carboxylic acids is 1. The number of benzene rings is 1. The molecule has 0 bridgehead atoms. The van der Waals surface area contributed by atoms with Crippen molar-refractivity contribution in [2.24, 2.45) is 0 Å². The predicted octanol–water partition coefficient (Wildman–Crippen LogP) is 3.76. The van der Waals surface area contributed by atoms with Crippen LogP contribution in [-0.2, 0) is 0 Å². The van der Waals surface area contributed by atoms with E-state index >= 15 is 0 Å². The Morgan fingerprint density at radius 3 is 2.61 bits per heavy atom. The van der Waals surface area contributed by atoms with Crippen molar-refractivity contribution in [1.82, 2.24) is 0 Å². The molecular weight excluding hydrogens is 316 g/mol. The summed E-state index contributed by atoms with van der Waals surface area (Å²) in [5.41, 5.74) is 1.17. The van der Waals surface area contributed by atoms with Crippen molar-refractivity contribution in [2.45, 2.75) is 0 Å². The largest absolute Gasteiger partial charge is 0.497 e. The molecule has 0 unspecified atom stereocenters. The van der Waals surface area contributed by atoms with Crippen LogP contribution in [0, 0.1) is 0 Å². The van der Waals surface area contributed by atoms with Crippen LogP contribution in [0.25, 0.3) is 0 Å². The molecule has 18 heavy (non-hydrogen) atoms. The zero-order valence-electron chi connectivity index (χ0n) is 9.90. The molecular formula is C13H11BrO3S. The number of rotatable bonds is 4. The molecule has 0 aliphatic carbocycles. The Bertz CT molecular complexity index is 564. The number of ketones is 1. The van der Waals surface area contributed by atoms with Crippen molar-refractivity contribution in [3.63, 3.8) is 0 Å². The fourth-order valence-electron chi connectivity index (χ4n) is 1.60. The Kier molecular flexibility index (Phi) is 4.04. The summed E-state index contributed by atoms with van der Waals surface area (Å²) in [6, 6.07) is 5.25. The van der Waals surface area contributed by atoms with Gasteiger partial charge in [-0.2, -0.15) is 11.3 Å². The van der Waals surface area contributed by atoms with Crippen molar-refractivity contribution in [1.29, 1.82) is 0 Å². The lowest BCUT2D eigenvalue weighted by atomic mass is 10.0. The molecule has 3 nitrogen and oxygen atoms in total. The van der Waals surface area contributed by atoms with E-state index in [1.54, 1.807) is 25.3 Å². The maximum Gasteiger partial charge on any atom is 0.198 e. The predicted molar refractivity (Wildman–Crippen MR) is 75.0 cm³/mol. The Hall–Kier alpha value is -1.33. The van der Waals surface area contributed by atoms with E-state index in [1.807, 2.05) is 10.8 Å². The Balaban J connectivity index is 2.53. The van der Waals surface area contributed by atoms with Crippen LogP contribution in [0.4, 0.5) is 0 Å². The first-order valence-electron chi connectivity index (χ1n) is 5.15. The molecule has 0 saturated heterocycles. The molecule has 0 aliphatic rings. The molecule has 0 spiro atoms. The van der Waals surface area contributed by atoms with Gasteiger partial charge in [0, 0.05) is 21.5 Å². The van der Waals surface area contributed by atoms with Crippen LogP contribution >= 0.6 is 27.3 Å². The van der Waals surface area contributed by atoms with Gasteiger partial charge in [-0.25, -0.2) is 0 Å². The maximum atomic E-state index is 12.4. The summed E-state index contributed by atoms with van der Waals surface area (Å²) < 4.78 is 11.1. The van der Waals surface area contributed by atoms with E-state index in [0.717, 1.165) is 0 Å². The van der Waals surface area contributed by atoms with Gasteiger partial charge < -0.3 is 9.47 Å². The SMILES string of the molecule is COc1cc(Br)c(C(=O)c2ccsc2)c(OC)c1. The van der Waals surface area contributed by atoms with Crippen LogP contribution in [-0.4, -0.2) is 20.0 Å².